The topological polar surface area (TPSA) is 15.3 Å². The zero-order valence-electron chi connectivity index (χ0n) is 6.91. The van der Waals surface area contributed by atoms with Gasteiger partial charge in [0.05, 0.1) is 0 Å². The van der Waals surface area contributed by atoms with Crippen LogP contribution < -0.4 is 10.2 Å². The van der Waals surface area contributed by atoms with Crippen LogP contribution in [-0.4, -0.2) is 0 Å². The second kappa shape index (κ2) is 2.89. The lowest BCUT2D eigenvalue weighted by atomic mass is 10.3. The molecule has 0 aliphatic carbocycles. The van der Waals surface area contributed by atoms with E-state index in [0.717, 1.165) is 11.4 Å². The van der Waals surface area contributed by atoms with Gasteiger partial charge in [-0.1, -0.05) is 18.2 Å². The molecule has 2 nitrogen and oxygen atoms in total. The second-order valence-electron chi connectivity index (χ2n) is 2.71. The van der Waals surface area contributed by atoms with Gasteiger partial charge in [-0.2, -0.15) is 0 Å². The molecule has 12 heavy (non-hydrogen) atoms. The van der Waals surface area contributed by atoms with E-state index >= 15 is 0 Å². The molecule has 1 aliphatic heterocycles. The molecule has 0 saturated carbocycles. The van der Waals surface area contributed by atoms with E-state index in [1.807, 2.05) is 36.2 Å². The van der Waals surface area contributed by atoms with E-state index < -0.39 is 0 Å². The van der Waals surface area contributed by atoms with Crippen molar-refractivity contribution in [1.82, 2.24) is 5.32 Å². The van der Waals surface area contributed by atoms with Crippen molar-refractivity contribution in [1.29, 1.82) is 0 Å². The summed E-state index contributed by atoms with van der Waals surface area (Å²) in [4.78, 5) is 1.99. The van der Waals surface area contributed by atoms with Gasteiger partial charge in [0.2, 0.25) is 6.67 Å². The molecule has 0 fully saturated rings. The molecule has 1 heterocycles. The lowest BCUT2D eigenvalue weighted by Crippen LogP contribution is -2.15. The van der Waals surface area contributed by atoms with Crippen LogP contribution >= 0.6 is 0 Å². The number of allylic oxidation sites excluding steroid dienone is 1. The first kappa shape index (κ1) is 7.22. The number of anilines is 1. The largest absolute Gasteiger partial charge is 0.360 e. The third-order valence-electron chi connectivity index (χ3n) is 1.82. The maximum absolute atomic E-state index is 3.01. The number of hydrogen-bond acceptors (Lipinski definition) is 2. The number of rotatable bonds is 1. The fraction of sp³-hybridized carbons (Fsp3) is 0.100. The van der Waals surface area contributed by atoms with Gasteiger partial charge < -0.3 is 10.2 Å². The Hall–Kier alpha value is -1.44. The molecule has 0 atom stereocenters. The molecule has 2 heteroatoms. The number of nitrogens with one attached hydrogen (secondary N) is 1. The van der Waals surface area contributed by atoms with E-state index in [9.17, 15) is 0 Å². The van der Waals surface area contributed by atoms with Gasteiger partial charge in [0.15, 0.2) is 0 Å². The van der Waals surface area contributed by atoms with Gasteiger partial charge in [0.25, 0.3) is 0 Å². The van der Waals surface area contributed by atoms with Gasteiger partial charge in [-0.3, -0.25) is 0 Å². The molecule has 1 aromatic rings. The van der Waals surface area contributed by atoms with Gasteiger partial charge in [0.1, 0.15) is 0 Å². The summed E-state index contributed by atoms with van der Waals surface area (Å²) in [6.07, 6.45) is 1.92. The normalized spacial score (nSPS) is 15.8. The molecule has 0 aromatic heterocycles. The highest BCUT2D eigenvalue weighted by Crippen LogP contribution is 2.21. The summed E-state index contributed by atoms with van der Waals surface area (Å²) in [5.74, 6) is 0. The molecule has 0 saturated heterocycles. The van der Waals surface area contributed by atoms with Crippen LogP contribution in [0, 0.1) is 6.67 Å². The maximum atomic E-state index is 3.01. The monoisotopic (exact) mass is 158 g/mol. The SMILES string of the molecule is CC1=CN[C]N1c1ccccc1. The molecule has 2 radical (unpaired) electrons. The maximum Gasteiger partial charge on any atom is 0.210 e. The molecule has 1 aromatic carbocycles. The highest BCUT2D eigenvalue weighted by Gasteiger charge is 2.13. The van der Waals surface area contributed by atoms with Crippen molar-refractivity contribution in [3.63, 3.8) is 0 Å². The molecule has 0 amide bonds. The number of nitrogens with zero attached hydrogens (tertiary/aromatic N) is 1. The Balaban J connectivity index is 2.27. The summed E-state index contributed by atoms with van der Waals surface area (Å²) in [6, 6.07) is 10.1. The Labute approximate surface area is 72.5 Å². The van der Waals surface area contributed by atoms with E-state index in [0.29, 0.717) is 0 Å². The zero-order chi connectivity index (χ0) is 8.39. The third kappa shape index (κ3) is 1.16. The Morgan fingerprint density at radius 1 is 1.25 bits per heavy atom. The van der Waals surface area contributed by atoms with Crippen molar-refractivity contribution in [2.75, 3.05) is 4.90 Å². The molecule has 2 rings (SSSR count). The van der Waals surface area contributed by atoms with Crippen molar-refractivity contribution in [2.24, 2.45) is 0 Å². The van der Waals surface area contributed by atoms with Gasteiger partial charge in [-0.25, -0.2) is 0 Å². The first-order chi connectivity index (χ1) is 5.88. The van der Waals surface area contributed by atoms with Gasteiger partial charge in [-0.15, -0.1) is 0 Å². The van der Waals surface area contributed by atoms with Crippen LogP contribution in [0.3, 0.4) is 0 Å². The van der Waals surface area contributed by atoms with E-state index in [4.69, 9.17) is 0 Å². The van der Waals surface area contributed by atoms with Crippen LogP contribution in [0.15, 0.2) is 42.2 Å². The van der Waals surface area contributed by atoms with Gasteiger partial charge >= 0.3 is 0 Å². The fourth-order valence-corrected chi connectivity index (χ4v) is 1.20. The summed E-state index contributed by atoms with van der Waals surface area (Å²) in [5, 5.41) is 2.93. The summed E-state index contributed by atoms with van der Waals surface area (Å²) >= 11 is 0. The molecule has 60 valence electrons. The van der Waals surface area contributed by atoms with Crippen LogP contribution in [-0.2, 0) is 0 Å². The molecular formula is C10H10N2. The lowest BCUT2D eigenvalue weighted by Gasteiger charge is -2.16. The van der Waals surface area contributed by atoms with E-state index in [1.165, 1.54) is 0 Å². The minimum absolute atomic E-state index is 1.14. The van der Waals surface area contributed by atoms with Gasteiger partial charge in [-0.05, 0) is 19.1 Å². The summed E-state index contributed by atoms with van der Waals surface area (Å²) in [7, 11) is 0. The Kier molecular flexibility index (Phi) is 1.74. The smallest absolute Gasteiger partial charge is 0.210 e. The number of para-hydroxylation sites is 1. The highest BCUT2D eigenvalue weighted by atomic mass is 15.3. The quantitative estimate of drug-likeness (QED) is 0.672. The highest BCUT2D eigenvalue weighted by molar-refractivity contribution is 5.54. The number of hydrogen-bond donors (Lipinski definition) is 1. The van der Waals surface area contributed by atoms with E-state index in [-0.39, 0.29) is 0 Å². The molecule has 0 spiro atoms. The number of benzene rings is 1. The van der Waals surface area contributed by atoms with E-state index in [1.54, 1.807) is 0 Å². The summed E-state index contributed by atoms with van der Waals surface area (Å²) in [6.45, 7) is 5.06. The average molecular weight is 158 g/mol. The predicted molar refractivity (Wildman–Crippen MR) is 49.1 cm³/mol. The zero-order valence-corrected chi connectivity index (χ0v) is 6.91. The van der Waals surface area contributed by atoms with Crippen LogP contribution in [0.5, 0.6) is 0 Å². The minimum Gasteiger partial charge on any atom is -0.360 e. The summed E-state index contributed by atoms with van der Waals surface area (Å²) in [5.41, 5.74) is 2.29. The molecule has 0 bridgehead atoms. The Bertz CT molecular complexity index is 290. The van der Waals surface area contributed by atoms with Crippen molar-refractivity contribution in [3.05, 3.63) is 48.9 Å². The van der Waals surface area contributed by atoms with Gasteiger partial charge in [0, 0.05) is 17.6 Å². The predicted octanol–water partition coefficient (Wildman–Crippen LogP) is 1.95. The Morgan fingerprint density at radius 3 is 2.58 bits per heavy atom. The third-order valence-corrected chi connectivity index (χ3v) is 1.82. The summed E-state index contributed by atoms with van der Waals surface area (Å²) < 4.78 is 0. The van der Waals surface area contributed by atoms with E-state index in [2.05, 4.69) is 24.1 Å². The fourth-order valence-electron chi connectivity index (χ4n) is 1.20. The van der Waals surface area contributed by atoms with Crippen molar-refractivity contribution in [3.8, 4) is 0 Å². The second-order valence-corrected chi connectivity index (χ2v) is 2.71. The molecular weight excluding hydrogens is 148 g/mol. The lowest BCUT2D eigenvalue weighted by molar-refractivity contribution is 1.02. The van der Waals surface area contributed by atoms with Crippen LogP contribution in [0.25, 0.3) is 0 Å². The van der Waals surface area contributed by atoms with Crippen molar-refractivity contribution in [2.45, 2.75) is 6.92 Å². The van der Waals surface area contributed by atoms with Crippen LogP contribution in [0.1, 0.15) is 6.92 Å². The van der Waals surface area contributed by atoms with Crippen molar-refractivity contribution >= 4 is 5.69 Å². The van der Waals surface area contributed by atoms with Crippen LogP contribution in [0.2, 0.25) is 0 Å². The minimum atomic E-state index is 1.14. The average Bonchev–Trinajstić information content (AvgIpc) is 2.53. The first-order valence-corrected chi connectivity index (χ1v) is 3.91. The van der Waals surface area contributed by atoms with Crippen molar-refractivity contribution < 1.29 is 0 Å². The molecule has 1 aliphatic rings. The van der Waals surface area contributed by atoms with Crippen LogP contribution in [0.4, 0.5) is 5.69 Å². The Morgan fingerprint density at radius 2 is 2.00 bits per heavy atom. The molecule has 1 N–H and O–H groups in total. The molecule has 0 unspecified atom stereocenters. The standard InChI is InChI=1S/C10H10N2/c1-9-7-11-8-12(9)10-5-3-2-4-6-10/h2-7,11H,1H3. The first-order valence-electron chi connectivity index (χ1n) is 3.91.